The van der Waals surface area contributed by atoms with Crippen LogP contribution in [0.25, 0.3) is 0 Å². The Kier molecular flexibility index (Phi) is 3.20. The van der Waals surface area contributed by atoms with Crippen LogP contribution in [0.4, 0.5) is 5.69 Å². The third kappa shape index (κ3) is 2.13. The number of rotatable bonds is 1. The fraction of sp³-hybridized carbons (Fsp3) is 0.647. The van der Waals surface area contributed by atoms with Crippen molar-refractivity contribution in [2.24, 2.45) is 0 Å². The number of hydrogen-bond donors (Lipinski definition) is 1. The average molecular weight is 271 g/mol. The molecule has 3 heteroatoms. The van der Waals surface area contributed by atoms with Crippen LogP contribution < -0.4 is 5.32 Å². The van der Waals surface area contributed by atoms with Gasteiger partial charge in [0, 0.05) is 43.4 Å². The minimum Gasteiger partial charge on any atom is -0.383 e. The van der Waals surface area contributed by atoms with Crippen LogP contribution in [-0.4, -0.2) is 54.1 Å². The van der Waals surface area contributed by atoms with Crippen molar-refractivity contribution in [3.05, 3.63) is 29.8 Å². The minimum absolute atomic E-state index is 0.669. The van der Waals surface area contributed by atoms with Crippen LogP contribution in [0.1, 0.15) is 25.3 Å². The molecule has 1 aromatic carbocycles. The normalized spacial score (nSPS) is 34.4. The molecule has 1 aromatic rings. The van der Waals surface area contributed by atoms with Crippen LogP contribution in [0.15, 0.2) is 24.3 Å². The van der Waals surface area contributed by atoms with E-state index in [1.54, 1.807) is 0 Å². The van der Waals surface area contributed by atoms with E-state index in [9.17, 15) is 0 Å². The molecule has 3 aliphatic heterocycles. The highest BCUT2D eigenvalue weighted by molar-refractivity contribution is 5.53. The molecule has 0 bridgehead atoms. The highest BCUT2D eigenvalue weighted by Crippen LogP contribution is 2.29. The van der Waals surface area contributed by atoms with Crippen LogP contribution in [0, 0.1) is 0 Å². The van der Waals surface area contributed by atoms with Gasteiger partial charge >= 0.3 is 0 Å². The Hall–Kier alpha value is -1.06. The van der Waals surface area contributed by atoms with Gasteiger partial charge in [-0.2, -0.15) is 0 Å². The fourth-order valence-corrected chi connectivity index (χ4v) is 4.38. The molecule has 108 valence electrons. The molecule has 0 radical (unpaired) electrons. The number of nitrogens with zero attached hydrogens (tertiary/aromatic N) is 2. The van der Waals surface area contributed by atoms with Crippen LogP contribution in [0.2, 0.25) is 0 Å². The van der Waals surface area contributed by atoms with Gasteiger partial charge in [0.05, 0.1) is 0 Å². The standard InChI is InChI=1S/C17H25N3/c1-13-11-19-8-4-6-15(19)12-20(13)16-9-14-5-2-3-7-17(14)18-10-16/h2-3,5,7,13,15-16,18H,4,6,8-12H2,1H3. The average Bonchev–Trinajstić information content (AvgIpc) is 2.93. The van der Waals surface area contributed by atoms with Gasteiger partial charge < -0.3 is 5.32 Å². The van der Waals surface area contributed by atoms with Gasteiger partial charge in [0.25, 0.3) is 0 Å². The van der Waals surface area contributed by atoms with Gasteiger partial charge in [0.2, 0.25) is 0 Å². The summed E-state index contributed by atoms with van der Waals surface area (Å²) in [6.45, 7) is 7.39. The van der Waals surface area contributed by atoms with Crippen molar-refractivity contribution < 1.29 is 0 Å². The monoisotopic (exact) mass is 271 g/mol. The first-order valence-corrected chi connectivity index (χ1v) is 8.13. The van der Waals surface area contributed by atoms with Gasteiger partial charge in [0.1, 0.15) is 0 Å². The van der Waals surface area contributed by atoms with Crippen LogP contribution in [0.5, 0.6) is 0 Å². The molecule has 0 aliphatic carbocycles. The molecular weight excluding hydrogens is 246 g/mol. The number of hydrogen-bond acceptors (Lipinski definition) is 3. The molecule has 3 nitrogen and oxygen atoms in total. The molecule has 3 unspecified atom stereocenters. The topological polar surface area (TPSA) is 18.5 Å². The van der Waals surface area contributed by atoms with Gasteiger partial charge in [-0.05, 0) is 44.4 Å². The molecule has 4 rings (SSSR count). The second kappa shape index (κ2) is 5.05. The van der Waals surface area contributed by atoms with Crippen molar-refractivity contribution in [3.8, 4) is 0 Å². The summed E-state index contributed by atoms with van der Waals surface area (Å²) in [7, 11) is 0. The summed E-state index contributed by atoms with van der Waals surface area (Å²) in [5.74, 6) is 0. The zero-order valence-corrected chi connectivity index (χ0v) is 12.4. The summed E-state index contributed by atoms with van der Waals surface area (Å²) in [5, 5.41) is 3.63. The molecule has 3 heterocycles. The summed E-state index contributed by atoms with van der Waals surface area (Å²) in [6, 6.07) is 11.0. The van der Waals surface area contributed by atoms with E-state index in [1.165, 1.54) is 50.1 Å². The lowest BCUT2D eigenvalue weighted by atomic mass is 9.95. The lowest BCUT2D eigenvalue weighted by Gasteiger charge is -2.47. The molecule has 0 amide bonds. The molecule has 2 fully saturated rings. The van der Waals surface area contributed by atoms with E-state index in [1.807, 2.05) is 0 Å². The molecule has 3 aliphatic rings. The van der Waals surface area contributed by atoms with E-state index in [0.717, 1.165) is 12.6 Å². The van der Waals surface area contributed by atoms with Gasteiger partial charge in [-0.25, -0.2) is 0 Å². The molecule has 0 aromatic heterocycles. The van der Waals surface area contributed by atoms with Gasteiger partial charge in [-0.3, -0.25) is 9.80 Å². The highest BCUT2D eigenvalue weighted by atomic mass is 15.3. The zero-order chi connectivity index (χ0) is 13.5. The maximum Gasteiger partial charge on any atom is 0.0373 e. The number of piperazine rings is 1. The summed E-state index contributed by atoms with van der Waals surface area (Å²) in [4.78, 5) is 5.49. The van der Waals surface area contributed by atoms with E-state index < -0.39 is 0 Å². The lowest BCUT2D eigenvalue weighted by Crippen LogP contribution is -2.60. The number of anilines is 1. The van der Waals surface area contributed by atoms with Gasteiger partial charge in [-0.1, -0.05) is 18.2 Å². The number of nitrogens with one attached hydrogen (secondary N) is 1. The Balaban J connectivity index is 1.51. The highest BCUT2D eigenvalue weighted by Gasteiger charge is 2.38. The Morgan fingerprint density at radius 1 is 1.15 bits per heavy atom. The SMILES string of the molecule is CC1CN2CCCC2CN1C1CNc2ccccc2C1. The molecule has 20 heavy (non-hydrogen) atoms. The fourth-order valence-electron chi connectivity index (χ4n) is 4.38. The largest absolute Gasteiger partial charge is 0.383 e. The zero-order valence-electron chi connectivity index (χ0n) is 12.4. The predicted molar refractivity (Wildman–Crippen MR) is 83.2 cm³/mol. The number of fused-ring (bicyclic) bond motifs is 2. The first kappa shape index (κ1) is 12.7. The van der Waals surface area contributed by atoms with Crippen molar-refractivity contribution in [2.45, 2.75) is 44.3 Å². The van der Waals surface area contributed by atoms with Crippen molar-refractivity contribution in [1.29, 1.82) is 0 Å². The molecule has 0 saturated carbocycles. The molecule has 3 atom stereocenters. The third-order valence-electron chi connectivity index (χ3n) is 5.46. The Morgan fingerprint density at radius 3 is 3.00 bits per heavy atom. The summed E-state index contributed by atoms with van der Waals surface area (Å²) >= 11 is 0. The predicted octanol–water partition coefficient (Wildman–Crippen LogP) is 2.19. The maximum absolute atomic E-state index is 3.63. The van der Waals surface area contributed by atoms with Gasteiger partial charge in [0.15, 0.2) is 0 Å². The Bertz CT molecular complexity index is 487. The number of para-hydroxylation sites is 1. The molecule has 2 saturated heterocycles. The Morgan fingerprint density at radius 2 is 2.05 bits per heavy atom. The Labute approximate surface area is 121 Å². The minimum atomic E-state index is 0.669. The van der Waals surface area contributed by atoms with Crippen LogP contribution in [0.3, 0.4) is 0 Å². The molecular formula is C17H25N3. The summed E-state index contributed by atoms with van der Waals surface area (Å²) < 4.78 is 0. The van der Waals surface area contributed by atoms with Crippen molar-refractivity contribution in [2.75, 3.05) is 31.5 Å². The van der Waals surface area contributed by atoms with Crippen LogP contribution in [-0.2, 0) is 6.42 Å². The van der Waals surface area contributed by atoms with Crippen LogP contribution >= 0.6 is 0 Å². The first-order valence-electron chi connectivity index (χ1n) is 8.13. The summed E-state index contributed by atoms with van der Waals surface area (Å²) in [6.07, 6.45) is 4.01. The van der Waals surface area contributed by atoms with E-state index >= 15 is 0 Å². The quantitative estimate of drug-likeness (QED) is 0.845. The van der Waals surface area contributed by atoms with Crippen molar-refractivity contribution in [1.82, 2.24) is 9.80 Å². The number of benzene rings is 1. The molecule has 0 spiro atoms. The maximum atomic E-state index is 3.63. The second-order valence-electron chi connectivity index (χ2n) is 6.73. The van der Waals surface area contributed by atoms with Gasteiger partial charge in [-0.15, -0.1) is 0 Å². The smallest absolute Gasteiger partial charge is 0.0373 e. The first-order chi connectivity index (χ1) is 9.81. The van der Waals surface area contributed by atoms with Crippen molar-refractivity contribution >= 4 is 5.69 Å². The molecule has 1 N–H and O–H groups in total. The van der Waals surface area contributed by atoms with E-state index in [2.05, 4.69) is 46.3 Å². The summed E-state index contributed by atoms with van der Waals surface area (Å²) in [5.41, 5.74) is 2.83. The third-order valence-corrected chi connectivity index (χ3v) is 5.46. The van der Waals surface area contributed by atoms with E-state index in [-0.39, 0.29) is 0 Å². The van der Waals surface area contributed by atoms with E-state index in [0.29, 0.717) is 12.1 Å². The second-order valence-corrected chi connectivity index (χ2v) is 6.73. The van der Waals surface area contributed by atoms with Crippen molar-refractivity contribution in [3.63, 3.8) is 0 Å². The van der Waals surface area contributed by atoms with E-state index in [4.69, 9.17) is 0 Å². The lowest BCUT2D eigenvalue weighted by molar-refractivity contribution is 0.0307.